The minimum Gasteiger partial charge on any atom is -0.310 e. The molecule has 24 heavy (non-hydrogen) atoms. The largest absolute Gasteiger partial charge is 0.310 e. The Hall–Kier alpha value is -2.95. The third-order valence-electron chi connectivity index (χ3n) is 4.25. The van der Waals surface area contributed by atoms with Crippen LogP contribution in [0.3, 0.4) is 0 Å². The summed E-state index contributed by atoms with van der Waals surface area (Å²) in [5.41, 5.74) is 3.39. The topological polar surface area (TPSA) is 52.2 Å². The molecule has 0 aliphatic rings. The van der Waals surface area contributed by atoms with Gasteiger partial charge in [-0.3, -0.25) is 9.78 Å². The second-order valence-electron chi connectivity index (χ2n) is 5.85. The Morgan fingerprint density at radius 2 is 1.92 bits per heavy atom. The van der Waals surface area contributed by atoms with Gasteiger partial charge in [-0.15, -0.1) is 0 Å². The van der Waals surface area contributed by atoms with Crippen LogP contribution in [0.15, 0.2) is 59.7 Å². The Morgan fingerprint density at radius 1 is 1.08 bits per heavy atom. The molecule has 0 unspecified atom stereocenters. The quantitative estimate of drug-likeness (QED) is 0.578. The predicted molar refractivity (Wildman–Crippen MR) is 95.1 cm³/mol. The maximum atomic E-state index is 12.8. The van der Waals surface area contributed by atoms with Crippen LogP contribution < -0.4 is 5.56 Å². The predicted octanol–water partition coefficient (Wildman–Crippen LogP) is 3.51. The summed E-state index contributed by atoms with van der Waals surface area (Å²) < 4.78 is 3.84. The zero-order chi connectivity index (χ0) is 16.5. The fraction of sp³-hybridized carbons (Fsp3) is 0.211. The molecule has 0 amide bonds. The molecule has 0 aliphatic heterocycles. The Balaban J connectivity index is 2.06. The first kappa shape index (κ1) is 14.6. The van der Waals surface area contributed by atoms with E-state index in [9.17, 15) is 4.79 Å². The number of aromatic nitrogens is 4. The van der Waals surface area contributed by atoms with E-state index in [1.54, 1.807) is 22.9 Å². The molecule has 0 spiro atoms. The van der Waals surface area contributed by atoms with E-state index in [1.807, 2.05) is 36.4 Å². The molecule has 0 fully saturated rings. The second kappa shape index (κ2) is 5.92. The number of para-hydroxylation sites is 2. The van der Waals surface area contributed by atoms with Gasteiger partial charge in [0.25, 0.3) is 5.56 Å². The number of aryl methyl sites for hydroxylation is 1. The summed E-state index contributed by atoms with van der Waals surface area (Å²) in [6.45, 7) is 3.00. The molecule has 120 valence electrons. The maximum absolute atomic E-state index is 12.8. The van der Waals surface area contributed by atoms with Gasteiger partial charge in [0.2, 0.25) is 5.78 Å². The van der Waals surface area contributed by atoms with Crippen LogP contribution in [0, 0.1) is 0 Å². The molecule has 0 atom stereocenters. The van der Waals surface area contributed by atoms with Crippen molar-refractivity contribution in [2.45, 2.75) is 26.3 Å². The lowest BCUT2D eigenvalue weighted by Crippen LogP contribution is -2.14. The molecule has 0 bridgehead atoms. The molecule has 0 saturated carbocycles. The molecule has 5 nitrogen and oxygen atoms in total. The van der Waals surface area contributed by atoms with Crippen molar-refractivity contribution in [3.05, 3.63) is 65.2 Å². The number of imidazole rings is 1. The van der Waals surface area contributed by atoms with E-state index in [0.29, 0.717) is 11.5 Å². The first-order valence-electron chi connectivity index (χ1n) is 8.21. The van der Waals surface area contributed by atoms with Crippen LogP contribution in [0.4, 0.5) is 0 Å². The van der Waals surface area contributed by atoms with Crippen molar-refractivity contribution < 1.29 is 0 Å². The number of unbranched alkanes of at least 4 members (excludes halogenated alkanes) is 1. The normalized spacial score (nSPS) is 11.4. The van der Waals surface area contributed by atoms with Gasteiger partial charge in [0.05, 0.1) is 16.7 Å². The van der Waals surface area contributed by atoms with Crippen LogP contribution >= 0.6 is 0 Å². The zero-order valence-electron chi connectivity index (χ0n) is 13.5. The first-order chi connectivity index (χ1) is 11.8. The van der Waals surface area contributed by atoms with Gasteiger partial charge in [-0.1, -0.05) is 25.5 Å². The summed E-state index contributed by atoms with van der Waals surface area (Å²) in [6, 6.07) is 13.3. The van der Waals surface area contributed by atoms with Gasteiger partial charge in [0.15, 0.2) is 0 Å². The third-order valence-corrected chi connectivity index (χ3v) is 4.25. The van der Waals surface area contributed by atoms with E-state index in [-0.39, 0.29) is 5.56 Å². The summed E-state index contributed by atoms with van der Waals surface area (Å²) in [4.78, 5) is 21.7. The SMILES string of the molecule is CCCCn1c2ccccc2n2c(=O)cc(-c3cccnc3)nc12. The van der Waals surface area contributed by atoms with Gasteiger partial charge in [0.1, 0.15) is 0 Å². The van der Waals surface area contributed by atoms with Crippen molar-refractivity contribution in [1.82, 2.24) is 18.9 Å². The number of hydrogen-bond acceptors (Lipinski definition) is 3. The van der Waals surface area contributed by atoms with Crippen LogP contribution in [-0.4, -0.2) is 18.9 Å². The van der Waals surface area contributed by atoms with E-state index in [0.717, 1.165) is 36.0 Å². The van der Waals surface area contributed by atoms with Gasteiger partial charge < -0.3 is 4.57 Å². The summed E-state index contributed by atoms with van der Waals surface area (Å²) in [5.74, 6) is 0.691. The highest BCUT2D eigenvalue weighted by molar-refractivity contribution is 5.81. The molecule has 5 heteroatoms. The summed E-state index contributed by atoms with van der Waals surface area (Å²) >= 11 is 0. The van der Waals surface area contributed by atoms with Crippen molar-refractivity contribution in [2.24, 2.45) is 0 Å². The average molecular weight is 318 g/mol. The maximum Gasteiger partial charge on any atom is 0.260 e. The Morgan fingerprint density at radius 3 is 2.67 bits per heavy atom. The molecule has 0 aliphatic carbocycles. The Labute approximate surface area is 139 Å². The fourth-order valence-electron chi connectivity index (χ4n) is 3.07. The fourth-order valence-corrected chi connectivity index (χ4v) is 3.07. The van der Waals surface area contributed by atoms with E-state index in [4.69, 9.17) is 4.98 Å². The molecular formula is C19H18N4O. The standard InChI is InChI=1S/C19H18N4O/c1-2-3-11-22-16-8-4-5-9-17(16)23-18(24)12-15(21-19(22)23)14-7-6-10-20-13-14/h4-10,12-13H,2-3,11H2,1H3. The zero-order valence-corrected chi connectivity index (χ0v) is 13.5. The molecule has 1 aromatic carbocycles. The third kappa shape index (κ3) is 2.29. The Bertz CT molecular complexity index is 1060. The number of fused-ring (bicyclic) bond motifs is 3. The number of nitrogens with zero attached hydrogens (tertiary/aromatic N) is 4. The lowest BCUT2D eigenvalue weighted by molar-refractivity contribution is 0.655. The number of hydrogen-bond donors (Lipinski definition) is 0. The molecule has 0 saturated heterocycles. The summed E-state index contributed by atoms with van der Waals surface area (Å²) in [5, 5.41) is 0. The monoisotopic (exact) mass is 318 g/mol. The van der Waals surface area contributed by atoms with Gasteiger partial charge in [-0.2, -0.15) is 0 Å². The van der Waals surface area contributed by atoms with Crippen molar-refractivity contribution in [3.63, 3.8) is 0 Å². The van der Waals surface area contributed by atoms with Crippen LogP contribution in [0.2, 0.25) is 0 Å². The number of rotatable bonds is 4. The lowest BCUT2D eigenvalue weighted by atomic mass is 10.2. The van der Waals surface area contributed by atoms with E-state index in [2.05, 4.69) is 16.5 Å². The molecular weight excluding hydrogens is 300 g/mol. The molecule has 4 aromatic rings. The second-order valence-corrected chi connectivity index (χ2v) is 5.85. The minimum atomic E-state index is -0.0645. The summed E-state index contributed by atoms with van der Waals surface area (Å²) in [7, 11) is 0. The van der Waals surface area contributed by atoms with Gasteiger partial charge >= 0.3 is 0 Å². The highest BCUT2D eigenvalue weighted by atomic mass is 16.1. The Kier molecular flexibility index (Phi) is 3.61. The van der Waals surface area contributed by atoms with Gasteiger partial charge in [-0.05, 0) is 30.7 Å². The van der Waals surface area contributed by atoms with Gasteiger partial charge in [0, 0.05) is 30.6 Å². The smallest absolute Gasteiger partial charge is 0.260 e. The lowest BCUT2D eigenvalue weighted by Gasteiger charge is -2.06. The van der Waals surface area contributed by atoms with Crippen molar-refractivity contribution in [3.8, 4) is 11.3 Å². The van der Waals surface area contributed by atoms with Crippen LogP contribution in [0.1, 0.15) is 19.8 Å². The minimum absolute atomic E-state index is 0.0645. The van der Waals surface area contributed by atoms with Crippen LogP contribution in [0.25, 0.3) is 28.1 Å². The van der Waals surface area contributed by atoms with Crippen molar-refractivity contribution >= 4 is 16.8 Å². The first-order valence-corrected chi connectivity index (χ1v) is 8.21. The van der Waals surface area contributed by atoms with Crippen molar-refractivity contribution in [2.75, 3.05) is 0 Å². The van der Waals surface area contributed by atoms with Crippen LogP contribution in [-0.2, 0) is 6.54 Å². The van der Waals surface area contributed by atoms with E-state index < -0.39 is 0 Å². The average Bonchev–Trinajstić information content (AvgIpc) is 2.95. The highest BCUT2D eigenvalue weighted by Crippen LogP contribution is 2.21. The van der Waals surface area contributed by atoms with E-state index >= 15 is 0 Å². The molecule has 4 rings (SSSR count). The molecule has 0 N–H and O–H groups in total. The van der Waals surface area contributed by atoms with Gasteiger partial charge in [-0.25, -0.2) is 9.38 Å². The molecule has 3 heterocycles. The van der Waals surface area contributed by atoms with E-state index in [1.165, 1.54) is 0 Å². The summed E-state index contributed by atoms with van der Waals surface area (Å²) in [6.07, 6.45) is 5.58. The highest BCUT2D eigenvalue weighted by Gasteiger charge is 2.14. The number of benzene rings is 1. The molecule has 3 aromatic heterocycles. The number of pyridine rings is 1. The molecule has 0 radical (unpaired) electrons. The van der Waals surface area contributed by atoms with Crippen LogP contribution in [0.5, 0.6) is 0 Å². The van der Waals surface area contributed by atoms with Crippen molar-refractivity contribution in [1.29, 1.82) is 0 Å².